The molecule has 76 valence electrons. The molecular formula is C9H5ClN2O3. The van der Waals surface area contributed by atoms with Gasteiger partial charge in [-0.25, -0.2) is 0 Å². The van der Waals surface area contributed by atoms with Gasteiger partial charge in [-0.3, -0.25) is 14.9 Å². The summed E-state index contributed by atoms with van der Waals surface area (Å²) in [6, 6.07) is 3.94. The summed E-state index contributed by atoms with van der Waals surface area (Å²) in [5, 5.41) is 18.4. The number of nitriles is 1. The van der Waals surface area contributed by atoms with Crippen LogP contribution in [0.15, 0.2) is 12.1 Å². The van der Waals surface area contributed by atoms with Crippen LogP contribution in [0.1, 0.15) is 21.5 Å². The summed E-state index contributed by atoms with van der Waals surface area (Å²) in [6.45, 7) is 1.51. The maximum absolute atomic E-state index is 10.9. The number of halogens is 1. The first-order chi connectivity index (χ1) is 6.97. The molecule has 0 aromatic heterocycles. The zero-order valence-electron chi connectivity index (χ0n) is 7.65. The minimum Gasteiger partial charge on any atom is -0.276 e. The van der Waals surface area contributed by atoms with Gasteiger partial charge in [0.2, 0.25) is 0 Å². The summed E-state index contributed by atoms with van der Waals surface area (Å²) < 4.78 is 0. The summed E-state index contributed by atoms with van der Waals surface area (Å²) >= 11 is 5.24. The highest BCUT2D eigenvalue weighted by atomic mass is 35.5. The first kappa shape index (κ1) is 11.1. The molecule has 5 nitrogen and oxygen atoms in total. The Kier molecular flexibility index (Phi) is 3.02. The van der Waals surface area contributed by atoms with Gasteiger partial charge in [0.15, 0.2) is 0 Å². The fourth-order valence-electron chi connectivity index (χ4n) is 1.12. The minimum absolute atomic E-state index is 0.0117. The molecular weight excluding hydrogens is 220 g/mol. The molecule has 1 rings (SSSR count). The van der Waals surface area contributed by atoms with E-state index in [0.29, 0.717) is 5.56 Å². The number of rotatable bonds is 2. The van der Waals surface area contributed by atoms with Gasteiger partial charge < -0.3 is 0 Å². The van der Waals surface area contributed by atoms with Crippen LogP contribution in [0.25, 0.3) is 0 Å². The van der Waals surface area contributed by atoms with Crippen LogP contribution in [0.3, 0.4) is 0 Å². The number of nitro groups is 1. The molecule has 0 saturated carbocycles. The van der Waals surface area contributed by atoms with Crippen molar-refractivity contribution in [3.8, 4) is 6.07 Å². The number of carbonyl (C=O) groups excluding carboxylic acids is 1. The predicted octanol–water partition coefficient (Wildman–Crippen LogP) is 2.15. The fourth-order valence-corrected chi connectivity index (χ4v) is 1.32. The van der Waals surface area contributed by atoms with Gasteiger partial charge >= 0.3 is 0 Å². The van der Waals surface area contributed by atoms with Crippen molar-refractivity contribution < 1.29 is 9.72 Å². The largest absolute Gasteiger partial charge is 0.276 e. The number of non-ortho nitro benzene ring substituents is 1. The molecule has 0 fully saturated rings. The highest BCUT2D eigenvalue weighted by Gasteiger charge is 2.17. The van der Waals surface area contributed by atoms with Gasteiger partial charge in [0, 0.05) is 17.7 Å². The van der Waals surface area contributed by atoms with Crippen molar-refractivity contribution >= 4 is 22.5 Å². The average molecular weight is 225 g/mol. The Morgan fingerprint density at radius 3 is 2.60 bits per heavy atom. The molecule has 0 N–H and O–H groups in total. The van der Waals surface area contributed by atoms with Crippen molar-refractivity contribution in [3.05, 3.63) is 38.9 Å². The van der Waals surface area contributed by atoms with Gasteiger partial charge in [0.05, 0.1) is 16.6 Å². The molecule has 0 saturated heterocycles. The molecule has 0 unspecified atom stereocenters. The standard InChI is InChI=1S/C9H5ClN2O3/c1-5-6(4-11)2-7(12(14)15)3-8(5)9(10)13/h2-3H,1H3. The maximum Gasteiger partial charge on any atom is 0.271 e. The van der Waals surface area contributed by atoms with Crippen LogP contribution in [0, 0.1) is 28.4 Å². The second-order valence-electron chi connectivity index (χ2n) is 2.81. The Balaban J connectivity index is 3.54. The fraction of sp³-hybridized carbons (Fsp3) is 0.111. The van der Waals surface area contributed by atoms with E-state index in [1.165, 1.54) is 6.92 Å². The smallest absolute Gasteiger partial charge is 0.271 e. The molecule has 0 radical (unpaired) electrons. The molecule has 0 bridgehead atoms. The summed E-state index contributed by atoms with van der Waals surface area (Å²) in [5.41, 5.74) is 0.0971. The molecule has 0 atom stereocenters. The van der Waals surface area contributed by atoms with Crippen molar-refractivity contribution in [2.75, 3.05) is 0 Å². The monoisotopic (exact) mass is 224 g/mol. The Bertz CT molecular complexity index is 491. The number of carbonyl (C=O) groups is 1. The van der Waals surface area contributed by atoms with Crippen molar-refractivity contribution in [1.29, 1.82) is 5.26 Å². The summed E-state index contributed by atoms with van der Waals surface area (Å²) in [5.74, 6) is 0. The average Bonchev–Trinajstić information content (AvgIpc) is 2.17. The van der Waals surface area contributed by atoms with Crippen molar-refractivity contribution in [2.24, 2.45) is 0 Å². The normalized spacial score (nSPS) is 9.40. The van der Waals surface area contributed by atoms with Gasteiger partial charge in [0.25, 0.3) is 10.9 Å². The van der Waals surface area contributed by atoms with Crippen LogP contribution in [0.4, 0.5) is 5.69 Å². The number of nitrogens with zero attached hydrogens (tertiary/aromatic N) is 2. The van der Waals surface area contributed by atoms with Crippen LogP contribution in [-0.4, -0.2) is 10.2 Å². The zero-order chi connectivity index (χ0) is 11.6. The molecule has 6 heteroatoms. The SMILES string of the molecule is Cc1c(C#N)cc([N+](=O)[O-])cc1C(=O)Cl. The molecule has 0 amide bonds. The lowest BCUT2D eigenvalue weighted by molar-refractivity contribution is -0.384. The Morgan fingerprint density at radius 2 is 2.20 bits per heavy atom. The molecule has 0 aliphatic rings. The van der Waals surface area contributed by atoms with Gasteiger partial charge in [-0.2, -0.15) is 5.26 Å². The molecule has 15 heavy (non-hydrogen) atoms. The molecule has 1 aromatic rings. The van der Waals surface area contributed by atoms with Crippen LogP contribution in [0.2, 0.25) is 0 Å². The lowest BCUT2D eigenvalue weighted by Crippen LogP contribution is -1.99. The third-order valence-electron chi connectivity index (χ3n) is 1.94. The lowest BCUT2D eigenvalue weighted by Gasteiger charge is -2.02. The molecule has 0 heterocycles. The second-order valence-corrected chi connectivity index (χ2v) is 3.15. The lowest BCUT2D eigenvalue weighted by atomic mass is 10.0. The van der Waals surface area contributed by atoms with Gasteiger partial charge in [0.1, 0.15) is 0 Å². The summed E-state index contributed by atoms with van der Waals surface area (Å²) in [4.78, 5) is 20.8. The van der Waals surface area contributed by atoms with E-state index in [1.807, 2.05) is 0 Å². The van der Waals surface area contributed by atoms with Crippen LogP contribution in [-0.2, 0) is 0 Å². The van der Waals surface area contributed by atoms with E-state index >= 15 is 0 Å². The van der Waals surface area contributed by atoms with Crippen molar-refractivity contribution in [1.82, 2.24) is 0 Å². The zero-order valence-corrected chi connectivity index (χ0v) is 8.41. The summed E-state index contributed by atoms with van der Waals surface area (Å²) in [6.07, 6.45) is 0. The van der Waals surface area contributed by atoms with Gasteiger partial charge in [-0.1, -0.05) is 0 Å². The molecule has 0 aliphatic heterocycles. The Morgan fingerprint density at radius 1 is 1.60 bits per heavy atom. The third-order valence-corrected chi connectivity index (χ3v) is 2.14. The van der Waals surface area contributed by atoms with E-state index in [0.717, 1.165) is 12.1 Å². The minimum atomic E-state index is -0.812. The number of benzene rings is 1. The predicted molar refractivity (Wildman–Crippen MR) is 52.7 cm³/mol. The first-order valence-electron chi connectivity index (χ1n) is 3.86. The van der Waals surface area contributed by atoms with E-state index < -0.39 is 10.2 Å². The van der Waals surface area contributed by atoms with Crippen molar-refractivity contribution in [2.45, 2.75) is 6.92 Å². The van der Waals surface area contributed by atoms with E-state index in [-0.39, 0.29) is 16.8 Å². The van der Waals surface area contributed by atoms with Gasteiger partial charge in [-0.15, -0.1) is 0 Å². The highest BCUT2D eigenvalue weighted by molar-refractivity contribution is 6.68. The third kappa shape index (κ3) is 2.11. The second kappa shape index (κ2) is 4.07. The first-order valence-corrected chi connectivity index (χ1v) is 4.24. The quantitative estimate of drug-likeness (QED) is 0.438. The molecule has 1 aromatic carbocycles. The number of hydrogen-bond donors (Lipinski definition) is 0. The number of hydrogen-bond acceptors (Lipinski definition) is 4. The van der Waals surface area contributed by atoms with E-state index in [9.17, 15) is 14.9 Å². The van der Waals surface area contributed by atoms with E-state index in [1.54, 1.807) is 6.07 Å². The van der Waals surface area contributed by atoms with Crippen LogP contribution >= 0.6 is 11.6 Å². The summed E-state index contributed by atoms with van der Waals surface area (Å²) in [7, 11) is 0. The Hall–Kier alpha value is -1.93. The van der Waals surface area contributed by atoms with E-state index in [2.05, 4.69) is 0 Å². The van der Waals surface area contributed by atoms with E-state index in [4.69, 9.17) is 16.9 Å². The van der Waals surface area contributed by atoms with Crippen LogP contribution < -0.4 is 0 Å². The van der Waals surface area contributed by atoms with Crippen molar-refractivity contribution in [3.63, 3.8) is 0 Å². The highest BCUT2D eigenvalue weighted by Crippen LogP contribution is 2.22. The molecule has 0 aliphatic carbocycles. The van der Waals surface area contributed by atoms with Crippen LogP contribution in [0.5, 0.6) is 0 Å². The number of nitro benzene ring substituents is 1. The Labute approximate surface area is 90.0 Å². The topological polar surface area (TPSA) is 84.0 Å². The maximum atomic E-state index is 10.9. The van der Waals surface area contributed by atoms with Gasteiger partial charge in [-0.05, 0) is 24.1 Å². The molecule has 0 spiro atoms.